The fraction of sp³-hybridized carbons (Fsp3) is 0.231. The number of nitrogens with zero attached hydrogens (tertiary/aromatic N) is 1. The summed E-state index contributed by atoms with van der Waals surface area (Å²) in [4.78, 5) is 18.5. The molecule has 0 atom stereocenters. The summed E-state index contributed by atoms with van der Waals surface area (Å²) in [7, 11) is 0. The third-order valence-electron chi connectivity index (χ3n) is 2.42. The van der Waals surface area contributed by atoms with Gasteiger partial charge < -0.3 is 4.98 Å². The van der Waals surface area contributed by atoms with Crippen molar-refractivity contribution < 1.29 is 4.39 Å². The molecule has 0 aliphatic heterocycles. The minimum Gasteiger partial charge on any atom is -0.311 e. The second-order valence-corrected chi connectivity index (χ2v) is 3.83. The fourth-order valence-electron chi connectivity index (χ4n) is 1.63. The summed E-state index contributed by atoms with van der Waals surface area (Å²) in [6.07, 6.45) is 1.64. The van der Waals surface area contributed by atoms with Gasteiger partial charge in [-0.05, 0) is 30.7 Å². The van der Waals surface area contributed by atoms with Gasteiger partial charge in [-0.25, -0.2) is 9.37 Å². The van der Waals surface area contributed by atoms with E-state index < -0.39 is 0 Å². The topological polar surface area (TPSA) is 45.8 Å². The number of hydrogen-bond acceptors (Lipinski definition) is 2. The van der Waals surface area contributed by atoms with E-state index in [4.69, 9.17) is 0 Å². The van der Waals surface area contributed by atoms with E-state index in [1.54, 1.807) is 12.1 Å². The second kappa shape index (κ2) is 4.91. The zero-order chi connectivity index (χ0) is 12.3. The van der Waals surface area contributed by atoms with Gasteiger partial charge in [0.05, 0.1) is 5.69 Å². The minimum atomic E-state index is -0.299. The number of halogens is 1. The van der Waals surface area contributed by atoms with Crippen LogP contribution in [-0.4, -0.2) is 9.97 Å². The third-order valence-corrected chi connectivity index (χ3v) is 2.42. The van der Waals surface area contributed by atoms with E-state index >= 15 is 0 Å². The highest BCUT2D eigenvalue weighted by atomic mass is 19.1. The van der Waals surface area contributed by atoms with Crippen LogP contribution in [0.5, 0.6) is 0 Å². The number of rotatable bonds is 3. The first kappa shape index (κ1) is 11.5. The van der Waals surface area contributed by atoms with Crippen LogP contribution in [0.25, 0.3) is 11.3 Å². The van der Waals surface area contributed by atoms with Gasteiger partial charge in [-0.2, -0.15) is 0 Å². The van der Waals surface area contributed by atoms with Crippen molar-refractivity contribution in [1.82, 2.24) is 9.97 Å². The number of aromatic amines is 1. The van der Waals surface area contributed by atoms with Gasteiger partial charge in [-0.15, -0.1) is 0 Å². The van der Waals surface area contributed by atoms with Gasteiger partial charge in [0.1, 0.15) is 11.6 Å². The lowest BCUT2D eigenvalue weighted by molar-refractivity contribution is 0.628. The Morgan fingerprint density at radius 1 is 1.29 bits per heavy atom. The summed E-state index contributed by atoms with van der Waals surface area (Å²) in [5.41, 5.74) is 1.15. The van der Waals surface area contributed by atoms with E-state index in [9.17, 15) is 9.18 Å². The van der Waals surface area contributed by atoms with Crippen LogP contribution in [0.3, 0.4) is 0 Å². The Morgan fingerprint density at radius 2 is 2.00 bits per heavy atom. The van der Waals surface area contributed by atoms with Gasteiger partial charge in [0.25, 0.3) is 5.56 Å². The quantitative estimate of drug-likeness (QED) is 0.883. The van der Waals surface area contributed by atoms with Gasteiger partial charge in [0, 0.05) is 18.1 Å². The van der Waals surface area contributed by atoms with E-state index in [1.165, 1.54) is 18.2 Å². The van der Waals surface area contributed by atoms with Crippen LogP contribution < -0.4 is 5.56 Å². The molecule has 4 heteroatoms. The number of nitrogens with one attached hydrogen (secondary N) is 1. The maximum Gasteiger partial charge on any atom is 0.251 e. The highest BCUT2D eigenvalue weighted by Crippen LogP contribution is 2.15. The van der Waals surface area contributed by atoms with Crippen molar-refractivity contribution in [3.63, 3.8) is 0 Å². The van der Waals surface area contributed by atoms with Gasteiger partial charge in [0.2, 0.25) is 0 Å². The zero-order valence-electron chi connectivity index (χ0n) is 9.53. The molecule has 0 spiro atoms. The van der Waals surface area contributed by atoms with E-state index in [2.05, 4.69) is 9.97 Å². The van der Waals surface area contributed by atoms with Crippen LogP contribution in [-0.2, 0) is 6.42 Å². The Labute approximate surface area is 98.3 Å². The largest absolute Gasteiger partial charge is 0.311 e. The lowest BCUT2D eigenvalue weighted by Gasteiger charge is -2.03. The van der Waals surface area contributed by atoms with Gasteiger partial charge in [-0.3, -0.25) is 4.79 Å². The summed E-state index contributed by atoms with van der Waals surface area (Å²) in [6.45, 7) is 2.02. The van der Waals surface area contributed by atoms with Crippen LogP contribution >= 0.6 is 0 Å². The first-order chi connectivity index (χ1) is 8.19. The van der Waals surface area contributed by atoms with Crippen LogP contribution in [0.4, 0.5) is 4.39 Å². The molecule has 0 saturated heterocycles. The molecule has 3 nitrogen and oxygen atoms in total. The average molecular weight is 232 g/mol. The molecule has 2 rings (SSSR count). The first-order valence-corrected chi connectivity index (χ1v) is 5.55. The summed E-state index contributed by atoms with van der Waals surface area (Å²) < 4.78 is 12.8. The lowest BCUT2D eigenvalue weighted by Crippen LogP contribution is -2.10. The number of aryl methyl sites for hydroxylation is 1. The van der Waals surface area contributed by atoms with Gasteiger partial charge >= 0.3 is 0 Å². The highest BCUT2D eigenvalue weighted by molar-refractivity contribution is 5.58. The van der Waals surface area contributed by atoms with Crippen LogP contribution in [0.2, 0.25) is 0 Å². The zero-order valence-corrected chi connectivity index (χ0v) is 9.53. The molecule has 0 unspecified atom stereocenters. The number of hydrogen-bond donors (Lipinski definition) is 1. The van der Waals surface area contributed by atoms with Crippen LogP contribution in [0.1, 0.15) is 19.2 Å². The molecule has 0 amide bonds. The molecule has 0 saturated carbocycles. The Kier molecular flexibility index (Phi) is 3.32. The maximum absolute atomic E-state index is 12.8. The third kappa shape index (κ3) is 2.78. The molecule has 1 N–H and O–H groups in total. The van der Waals surface area contributed by atoms with Crippen molar-refractivity contribution in [2.24, 2.45) is 0 Å². The summed E-state index contributed by atoms with van der Waals surface area (Å²) >= 11 is 0. The van der Waals surface area contributed by atoms with Crippen LogP contribution in [0, 0.1) is 5.82 Å². The molecule has 0 aliphatic rings. The SMILES string of the molecule is CCCc1nc(-c2ccc(F)cc2)cc(=O)[nH]1. The monoisotopic (exact) mass is 232 g/mol. The van der Waals surface area contributed by atoms with Crippen molar-refractivity contribution in [2.75, 3.05) is 0 Å². The number of H-pyrrole nitrogens is 1. The summed E-state index contributed by atoms with van der Waals surface area (Å²) in [6, 6.07) is 7.38. The van der Waals surface area contributed by atoms with Crippen molar-refractivity contribution in [3.05, 3.63) is 52.3 Å². The molecule has 1 aromatic heterocycles. The van der Waals surface area contributed by atoms with E-state index in [0.717, 1.165) is 18.4 Å². The molecule has 2 aromatic rings. The number of aromatic nitrogens is 2. The van der Waals surface area contributed by atoms with E-state index in [0.29, 0.717) is 11.5 Å². The van der Waals surface area contributed by atoms with Gasteiger partial charge in [0.15, 0.2) is 0 Å². The van der Waals surface area contributed by atoms with Crippen molar-refractivity contribution in [1.29, 1.82) is 0 Å². The van der Waals surface area contributed by atoms with Crippen LogP contribution in [0.15, 0.2) is 35.1 Å². The minimum absolute atomic E-state index is 0.178. The number of benzene rings is 1. The molecular weight excluding hydrogens is 219 g/mol. The molecule has 0 fully saturated rings. The Hall–Kier alpha value is -1.97. The predicted octanol–water partition coefficient (Wildman–Crippen LogP) is 2.53. The summed E-state index contributed by atoms with van der Waals surface area (Å²) in [5, 5.41) is 0. The Bertz CT molecular complexity index is 560. The van der Waals surface area contributed by atoms with Crippen molar-refractivity contribution in [2.45, 2.75) is 19.8 Å². The van der Waals surface area contributed by atoms with Gasteiger partial charge in [-0.1, -0.05) is 6.92 Å². The molecule has 17 heavy (non-hydrogen) atoms. The Balaban J connectivity index is 2.44. The smallest absolute Gasteiger partial charge is 0.251 e. The standard InChI is InChI=1S/C13H13FN2O/c1-2-3-12-15-11(8-13(17)16-12)9-4-6-10(14)7-5-9/h4-8H,2-3H2,1H3,(H,15,16,17). The molecule has 88 valence electrons. The second-order valence-electron chi connectivity index (χ2n) is 3.83. The maximum atomic E-state index is 12.8. The van der Waals surface area contributed by atoms with Crippen molar-refractivity contribution >= 4 is 0 Å². The molecule has 0 aliphatic carbocycles. The normalized spacial score (nSPS) is 10.5. The van der Waals surface area contributed by atoms with E-state index in [-0.39, 0.29) is 11.4 Å². The molecule has 1 aromatic carbocycles. The Morgan fingerprint density at radius 3 is 2.65 bits per heavy atom. The molecule has 1 heterocycles. The first-order valence-electron chi connectivity index (χ1n) is 5.55. The lowest BCUT2D eigenvalue weighted by atomic mass is 10.1. The predicted molar refractivity (Wildman–Crippen MR) is 64.2 cm³/mol. The highest BCUT2D eigenvalue weighted by Gasteiger charge is 2.03. The molecule has 0 bridgehead atoms. The molecular formula is C13H13FN2O. The fourth-order valence-corrected chi connectivity index (χ4v) is 1.63. The van der Waals surface area contributed by atoms with E-state index in [1.807, 2.05) is 6.92 Å². The average Bonchev–Trinajstić information content (AvgIpc) is 2.29. The summed E-state index contributed by atoms with van der Waals surface area (Å²) in [5.74, 6) is 0.367. The molecule has 0 radical (unpaired) electrons. The van der Waals surface area contributed by atoms with Crippen molar-refractivity contribution in [3.8, 4) is 11.3 Å².